The number of hydrogen-bond donors (Lipinski definition) is 0. The molecule has 0 saturated carbocycles. The minimum Gasteiger partial charge on any atom is -0.369 e. The lowest BCUT2D eigenvalue weighted by atomic mass is 10.00. The molecule has 1 aromatic rings. The van der Waals surface area contributed by atoms with Crippen molar-refractivity contribution >= 4 is 22.9 Å². The Labute approximate surface area is 94.0 Å². The van der Waals surface area contributed by atoms with Crippen molar-refractivity contribution in [3.8, 4) is 0 Å². The molecule has 1 saturated heterocycles. The molecular weight excluding hydrogens is 216 g/mol. The van der Waals surface area contributed by atoms with Crippen molar-refractivity contribution in [2.45, 2.75) is 38.9 Å². The first-order chi connectivity index (χ1) is 6.70. The molecule has 0 amide bonds. The lowest BCUT2D eigenvalue weighted by molar-refractivity contribution is 0.323. The third-order valence-electron chi connectivity index (χ3n) is 2.74. The average Bonchev–Trinajstić information content (AvgIpc) is 2.85. The largest absolute Gasteiger partial charge is 0.369 e. The molecule has 1 nitrogen and oxygen atoms in total. The van der Waals surface area contributed by atoms with Gasteiger partial charge in [-0.05, 0) is 30.9 Å². The molecule has 0 radical (unpaired) electrons. The van der Waals surface area contributed by atoms with Gasteiger partial charge >= 0.3 is 0 Å². The molecule has 2 rings (SSSR count). The molecule has 1 aliphatic heterocycles. The Bertz CT molecular complexity index is 310. The highest BCUT2D eigenvalue weighted by atomic mass is 35.5. The van der Waals surface area contributed by atoms with Gasteiger partial charge in [-0.1, -0.05) is 25.4 Å². The van der Waals surface area contributed by atoms with Gasteiger partial charge in [0, 0.05) is 4.88 Å². The predicted octanol–water partition coefficient (Wildman–Crippen LogP) is 3.76. The second-order valence-corrected chi connectivity index (χ2v) is 5.73. The van der Waals surface area contributed by atoms with Gasteiger partial charge in [0.15, 0.2) is 0 Å². The number of thiophene rings is 1. The Kier molecular flexibility index (Phi) is 3.15. The number of halogens is 1. The number of rotatable bonds is 4. The second-order valence-electron chi connectivity index (χ2n) is 3.93. The van der Waals surface area contributed by atoms with Gasteiger partial charge in [0.1, 0.15) is 0 Å². The quantitative estimate of drug-likeness (QED) is 0.718. The van der Waals surface area contributed by atoms with Crippen LogP contribution in [0.4, 0.5) is 0 Å². The zero-order valence-electron chi connectivity index (χ0n) is 8.50. The van der Waals surface area contributed by atoms with Crippen LogP contribution in [0.25, 0.3) is 0 Å². The van der Waals surface area contributed by atoms with E-state index in [1.807, 2.05) is 6.07 Å². The van der Waals surface area contributed by atoms with Crippen LogP contribution >= 0.6 is 22.9 Å². The van der Waals surface area contributed by atoms with E-state index in [4.69, 9.17) is 16.3 Å². The second kappa shape index (κ2) is 4.21. The first kappa shape index (κ1) is 10.5. The van der Waals surface area contributed by atoms with Gasteiger partial charge in [-0.3, -0.25) is 0 Å². The first-order valence-corrected chi connectivity index (χ1v) is 6.29. The summed E-state index contributed by atoms with van der Waals surface area (Å²) in [4.78, 5) is 1.37. The minimum absolute atomic E-state index is 0.487. The summed E-state index contributed by atoms with van der Waals surface area (Å²) in [6.07, 6.45) is 3.24. The van der Waals surface area contributed by atoms with Crippen LogP contribution in [-0.4, -0.2) is 12.2 Å². The van der Waals surface area contributed by atoms with Crippen molar-refractivity contribution in [2.75, 3.05) is 0 Å². The van der Waals surface area contributed by atoms with Gasteiger partial charge < -0.3 is 4.74 Å². The van der Waals surface area contributed by atoms with Crippen molar-refractivity contribution in [3.63, 3.8) is 0 Å². The molecule has 1 fully saturated rings. The molecule has 0 aliphatic carbocycles. The Morgan fingerprint density at radius 2 is 2.36 bits per heavy atom. The van der Waals surface area contributed by atoms with E-state index in [9.17, 15) is 0 Å². The van der Waals surface area contributed by atoms with Gasteiger partial charge in [0.2, 0.25) is 0 Å². The van der Waals surface area contributed by atoms with Crippen molar-refractivity contribution in [1.29, 1.82) is 0 Å². The van der Waals surface area contributed by atoms with Gasteiger partial charge in [-0.2, -0.15) is 0 Å². The maximum Gasteiger partial charge on any atom is 0.0931 e. The van der Waals surface area contributed by atoms with E-state index < -0.39 is 0 Å². The van der Waals surface area contributed by atoms with Gasteiger partial charge in [-0.25, -0.2) is 0 Å². The average molecular weight is 231 g/mol. The van der Waals surface area contributed by atoms with Crippen molar-refractivity contribution < 1.29 is 4.74 Å². The van der Waals surface area contributed by atoms with Crippen LogP contribution in [0, 0.1) is 5.92 Å². The van der Waals surface area contributed by atoms with Gasteiger partial charge in [-0.15, -0.1) is 11.3 Å². The lowest BCUT2D eigenvalue weighted by Gasteiger charge is -2.05. The summed E-state index contributed by atoms with van der Waals surface area (Å²) in [6.45, 7) is 4.44. The summed E-state index contributed by atoms with van der Waals surface area (Å²) in [5, 5.41) is 0. The van der Waals surface area contributed by atoms with Crippen LogP contribution in [-0.2, 0) is 11.2 Å². The summed E-state index contributed by atoms with van der Waals surface area (Å²) in [5.74, 6) is 0.620. The fraction of sp³-hybridized carbons (Fsp3) is 0.636. The molecule has 1 aliphatic rings. The highest BCUT2D eigenvalue weighted by Crippen LogP contribution is 2.34. The van der Waals surface area contributed by atoms with E-state index in [1.165, 1.54) is 4.88 Å². The molecule has 0 aromatic carbocycles. The number of ether oxygens (including phenoxy) is 1. The SMILES string of the molecule is CCC1OC1C(C)Cc1ccc(Cl)s1. The molecule has 1 aromatic heterocycles. The highest BCUT2D eigenvalue weighted by Gasteiger charge is 2.41. The van der Waals surface area contributed by atoms with Crippen LogP contribution in [0.1, 0.15) is 25.1 Å². The van der Waals surface area contributed by atoms with E-state index in [2.05, 4.69) is 19.9 Å². The molecule has 0 bridgehead atoms. The molecule has 3 atom stereocenters. The van der Waals surface area contributed by atoms with Gasteiger partial charge in [0.25, 0.3) is 0 Å². The summed E-state index contributed by atoms with van der Waals surface area (Å²) in [5.41, 5.74) is 0. The normalized spacial score (nSPS) is 27.6. The van der Waals surface area contributed by atoms with E-state index in [-0.39, 0.29) is 0 Å². The topological polar surface area (TPSA) is 12.5 Å². The van der Waals surface area contributed by atoms with E-state index in [1.54, 1.807) is 11.3 Å². The molecule has 78 valence electrons. The van der Waals surface area contributed by atoms with Crippen molar-refractivity contribution in [2.24, 2.45) is 5.92 Å². The van der Waals surface area contributed by atoms with Crippen LogP contribution in [0.2, 0.25) is 4.34 Å². The highest BCUT2D eigenvalue weighted by molar-refractivity contribution is 7.16. The summed E-state index contributed by atoms with van der Waals surface area (Å²) in [7, 11) is 0. The first-order valence-electron chi connectivity index (χ1n) is 5.10. The third kappa shape index (κ3) is 2.30. The van der Waals surface area contributed by atoms with Crippen LogP contribution in [0.5, 0.6) is 0 Å². The molecule has 2 heterocycles. The van der Waals surface area contributed by atoms with Crippen LogP contribution < -0.4 is 0 Å². The molecular formula is C11H15ClOS. The van der Waals surface area contributed by atoms with Crippen molar-refractivity contribution in [3.05, 3.63) is 21.3 Å². The maximum atomic E-state index is 5.88. The minimum atomic E-state index is 0.487. The summed E-state index contributed by atoms with van der Waals surface area (Å²) in [6, 6.07) is 4.09. The Morgan fingerprint density at radius 1 is 1.57 bits per heavy atom. The van der Waals surface area contributed by atoms with E-state index in [0.717, 1.165) is 17.2 Å². The Morgan fingerprint density at radius 3 is 2.86 bits per heavy atom. The predicted molar refractivity (Wildman–Crippen MR) is 61.1 cm³/mol. The zero-order chi connectivity index (χ0) is 10.1. The summed E-state index contributed by atoms with van der Waals surface area (Å²) >= 11 is 7.56. The van der Waals surface area contributed by atoms with E-state index in [0.29, 0.717) is 18.1 Å². The van der Waals surface area contributed by atoms with Crippen LogP contribution in [0.3, 0.4) is 0 Å². The number of hydrogen-bond acceptors (Lipinski definition) is 2. The zero-order valence-corrected chi connectivity index (χ0v) is 10.1. The van der Waals surface area contributed by atoms with E-state index >= 15 is 0 Å². The smallest absolute Gasteiger partial charge is 0.0931 e. The maximum absolute atomic E-state index is 5.88. The molecule has 3 heteroatoms. The Hall–Kier alpha value is -0.0500. The molecule has 0 spiro atoms. The van der Waals surface area contributed by atoms with Crippen molar-refractivity contribution in [1.82, 2.24) is 0 Å². The fourth-order valence-corrected chi connectivity index (χ4v) is 3.11. The molecule has 3 unspecified atom stereocenters. The van der Waals surface area contributed by atoms with Gasteiger partial charge in [0.05, 0.1) is 16.5 Å². The molecule has 14 heavy (non-hydrogen) atoms. The lowest BCUT2D eigenvalue weighted by Crippen LogP contribution is -2.08. The number of epoxide rings is 1. The summed E-state index contributed by atoms with van der Waals surface area (Å²) < 4.78 is 6.46. The Balaban J connectivity index is 1.86. The van der Waals surface area contributed by atoms with Crippen LogP contribution in [0.15, 0.2) is 12.1 Å². The standard InChI is InChI=1S/C11H15ClOS/c1-3-9-11(13-9)7(2)6-8-4-5-10(12)14-8/h4-5,7,9,11H,3,6H2,1-2H3. The third-order valence-corrected chi connectivity index (χ3v) is 3.99. The monoisotopic (exact) mass is 230 g/mol. The molecule has 0 N–H and O–H groups in total. The fourth-order valence-electron chi connectivity index (χ4n) is 1.88.